The minimum Gasteiger partial charge on any atom is -0.354 e. The fourth-order valence-electron chi connectivity index (χ4n) is 1.55. The minimum absolute atomic E-state index is 0.0486. The van der Waals surface area contributed by atoms with Crippen molar-refractivity contribution < 1.29 is 4.79 Å². The molecule has 1 rings (SSSR count). The van der Waals surface area contributed by atoms with Crippen LogP contribution >= 0.6 is 11.8 Å². The minimum atomic E-state index is -0.0486. The molecule has 19 heavy (non-hydrogen) atoms. The zero-order chi connectivity index (χ0) is 14.4. The number of hydrogen-bond acceptors (Lipinski definition) is 4. The molecule has 0 spiro atoms. The first kappa shape index (κ1) is 15.8. The normalized spacial score (nSPS) is 10.8. The van der Waals surface area contributed by atoms with Crippen molar-refractivity contribution in [2.75, 3.05) is 5.75 Å². The molecule has 1 aromatic rings. The number of carbonyl (C=O) groups is 1. The van der Waals surface area contributed by atoms with Crippen LogP contribution in [0.2, 0.25) is 0 Å². The first-order chi connectivity index (χ1) is 8.90. The first-order valence-electron chi connectivity index (χ1n) is 6.37. The summed E-state index contributed by atoms with van der Waals surface area (Å²) in [6, 6.07) is 1.69. The Kier molecular flexibility index (Phi) is 6.08. The Morgan fingerprint density at radius 1 is 1.53 bits per heavy atom. The standard InChI is InChI=1S/C13H21N3O2S/c1-9(2)14-11(17)6-5-7-19-13-15-10(3)8-12(18)16(13)4/h8-9H,5-7H2,1-4H3,(H,14,17). The highest BCUT2D eigenvalue weighted by Gasteiger charge is 2.06. The number of carbonyl (C=O) groups excluding carboxylic acids is 1. The molecule has 0 aliphatic heterocycles. The van der Waals surface area contributed by atoms with Gasteiger partial charge in [-0.3, -0.25) is 14.2 Å². The van der Waals surface area contributed by atoms with Crippen molar-refractivity contribution in [2.45, 2.75) is 44.8 Å². The van der Waals surface area contributed by atoms with E-state index in [4.69, 9.17) is 0 Å². The zero-order valence-electron chi connectivity index (χ0n) is 11.9. The van der Waals surface area contributed by atoms with Crippen molar-refractivity contribution in [3.05, 3.63) is 22.1 Å². The second-order valence-electron chi connectivity index (χ2n) is 4.75. The summed E-state index contributed by atoms with van der Waals surface area (Å²) < 4.78 is 1.53. The van der Waals surface area contributed by atoms with Gasteiger partial charge in [0, 0.05) is 37.0 Å². The molecule has 0 atom stereocenters. The summed E-state index contributed by atoms with van der Waals surface area (Å²) in [6.45, 7) is 5.69. The number of thioether (sulfide) groups is 1. The third-order valence-corrected chi connectivity index (χ3v) is 3.57. The van der Waals surface area contributed by atoms with Crippen LogP contribution in [0, 0.1) is 6.92 Å². The maximum absolute atomic E-state index is 11.6. The van der Waals surface area contributed by atoms with Crippen LogP contribution in [0.1, 0.15) is 32.4 Å². The van der Waals surface area contributed by atoms with Gasteiger partial charge in [0.15, 0.2) is 5.16 Å². The summed E-state index contributed by atoms with van der Waals surface area (Å²) in [5.41, 5.74) is 0.677. The van der Waals surface area contributed by atoms with E-state index >= 15 is 0 Å². The topological polar surface area (TPSA) is 64.0 Å². The number of amides is 1. The van der Waals surface area contributed by atoms with Crippen molar-refractivity contribution in [1.82, 2.24) is 14.9 Å². The molecule has 0 unspecified atom stereocenters. The monoisotopic (exact) mass is 283 g/mol. The Labute approximate surface area is 117 Å². The van der Waals surface area contributed by atoms with Crippen LogP contribution in [0.4, 0.5) is 0 Å². The molecular weight excluding hydrogens is 262 g/mol. The van der Waals surface area contributed by atoms with Gasteiger partial charge < -0.3 is 5.32 Å². The van der Waals surface area contributed by atoms with E-state index < -0.39 is 0 Å². The molecule has 0 saturated heterocycles. The van der Waals surface area contributed by atoms with E-state index in [0.29, 0.717) is 11.6 Å². The van der Waals surface area contributed by atoms with Gasteiger partial charge in [-0.05, 0) is 27.2 Å². The number of nitrogens with one attached hydrogen (secondary N) is 1. The summed E-state index contributed by atoms with van der Waals surface area (Å²) >= 11 is 1.51. The second-order valence-corrected chi connectivity index (χ2v) is 5.81. The fraction of sp³-hybridized carbons (Fsp3) is 0.615. The molecule has 5 nitrogen and oxygen atoms in total. The largest absolute Gasteiger partial charge is 0.354 e. The van der Waals surface area contributed by atoms with E-state index in [-0.39, 0.29) is 17.5 Å². The lowest BCUT2D eigenvalue weighted by Gasteiger charge is -2.09. The Hall–Kier alpha value is -1.30. The van der Waals surface area contributed by atoms with Crippen LogP contribution in [-0.2, 0) is 11.8 Å². The lowest BCUT2D eigenvalue weighted by Crippen LogP contribution is -2.29. The van der Waals surface area contributed by atoms with Crippen LogP contribution in [0.15, 0.2) is 16.0 Å². The van der Waals surface area contributed by atoms with Crippen LogP contribution in [0.3, 0.4) is 0 Å². The molecule has 1 amide bonds. The maximum atomic E-state index is 11.6. The molecule has 1 N–H and O–H groups in total. The molecule has 0 saturated carbocycles. The number of rotatable bonds is 6. The van der Waals surface area contributed by atoms with Crippen LogP contribution in [0.5, 0.6) is 0 Å². The van der Waals surface area contributed by atoms with Crippen molar-refractivity contribution in [2.24, 2.45) is 7.05 Å². The molecular formula is C13H21N3O2S. The molecule has 0 aliphatic carbocycles. The SMILES string of the molecule is Cc1cc(=O)n(C)c(SCCCC(=O)NC(C)C)n1. The molecule has 6 heteroatoms. The molecule has 106 valence electrons. The average Bonchev–Trinajstić information content (AvgIpc) is 2.29. The maximum Gasteiger partial charge on any atom is 0.254 e. The third kappa shape index (κ3) is 5.46. The van der Waals surface area contributed by atoms with Crippen molar-refractivity contribution in [3.63, 3.8) is 0 Å². The Bertz CT molecular complexity index is 497. The van der Waals surface area contributed by atoms with Crippen LogP contribution < -0.4 is 10.9 Å². The highest BCUT2D eigenvalue weighted by Crippen LogP contribution is 2.15. The quantitative estimate of drug-likeness (QED) is 0.488. The van der Waals surface area contributed by atoms with Crippen LogP contribution in [-0.4, -0.2) is 27.3 Å². The van der Waals surface area contributed by atoms with Gasteiger partial charge in [0.2, 0.25) is 5.91 Å². The summed E-state index contributed by atoms with van der Waals surface area (Å²) in [5.74, 6) is 0.844. The van der Waals surface area contributed by atoms with E-state index in [1.165, 1.54) is 22.4 Å². The van der Waals surface area contributed by atoms with Crippen molar-refractivity contribution in [1.29, 1.82) is 0 Å². The highest BCUT2D eigenvalue weighted by atomic mass is 32.2. The predicted octanol–water partition coefficient (Wildman–Crippen LogP) is 1.49. The van der Waals surface area contributed by atoms with Gasteiger partial charge in [0.1, 0.15) is 0 Å². The third-order valence-electron chi connectivity index (χ3n) is 2.45. The van der Waals surface area contributed by atoms with E-state index in [1.54, 1.807) is 7.05 Å². The lowest BCUT2D eigenvalue weighted by molar-refractivity contribution is -0.121. The Morgan fingerprint density at radius 3 is 2.84 bits per heavy atom. The van der Waals surface area contributed by atoms with Gasteiger partial charge in [0.05, 0.1) is 0 Å². The van der Waals surface area contributed by atoms with Gasteiger partial charge in [-0.15, -0.1) is 0 Å². The number of hydrogen-bond donors (Lipinski definition) is 1. The van der Waals surface area contributed by atoms with E-state index in [9.17, 15) is 9.59 Å². The fourth-order valence-corrected chi connectivity index (χ4v) is 2.51. The van der Waals surface area contributed by atoms with Gasteiger partial charge in [-0.1, -0.05) is 11.8 Å². The summed E-state index contributed by atoms with van der Waals surface area (Å²) in [4.78, 5) is 27.3. The molecule has 1 heterocycles. The van der Waals surface area contributed by atoms with Crippen molar-refractivity contribution in [3.8, 4) is 0 Å². The predicted molar refractivity (Wildman–Crippen MR) is 77.5 cm³/mol. The van der Waals surface area contributed by atoms with Gasteiger partial charge in [0.25, 0.3) is 5.56 Å². The van der Waals surface area contributed by atoms with E-state index in [0.717, 1.165) is 17.9 Å². The van der Waals surface area contributed by atoms with Crippen molar-refractivity contribution >= 4 is 17.7 Å². The molecule has 0 bridgehead atoms. The number of aromatic nitrogens is 2. The number of aryl methyl sites for hydroxylation is 1. The second kappa shape index (κ2) is 7.33. The smallest absolute Gasteiger partial charge is 0.254 e. The molecule has 0 fully saturated rings. The van der Waals surface area contributed by atoms with Gasteiger partial charge >= 0.3 is 0 Å². The van der Waals surface area contributed by atoms with Gasteiger partial charge in [-0.25, -0.2) is 4.98 Å². The first-order valence-corrected chi connectivity index (χ1v) is 7.35. The average molecular weight is 283 g/mol. The Balaban J connectivity index is 2.42. The molecule has 0 radical (unpaired) electrons. The van der Waals surface area contributed by atoms with E-state index in [2.05, 4.69) is 10.3 Å². The van der Waals surface area contributed by atoms with Crippen LogP contribution in [0.25, 0.3) is 0 Å². The van der Waals surface area contributed by atoms with Gasteiger partial charge in [-0.2, -0.15) is 0 Å². The molecule has 0 aliphatic rings. The molecule has 1 aromatic heterocycles. The van der Waals surface area contributed by atoms with E-state index in [1.807, 2.05) is 20.8 Å². The summed E-state index contributed by atoms with van der Waals surface area (Å²) in [5, 5.41) is 3.56. The number of nitrogens with zero attached hydrogens (tertiary/aromatic N) is 2. The highest BCUT2D eigenvalue weighted by molar-refractivity contribution is 7.99. The zero-order valence-corrected chi connectivity index (χ0v) is 12.7. The summed E-state index contributed by atoms with van der Waals surface area (Å²) in [7, 11) is 1.71. The Morgan fingerprint density at radius 2 is 2.21 bits per heavy atom. The lowest BCUT2D eigenvalue weighted by atomic mass is 10.3. The molecule has 0 aromatic carbocycles. The summed E-state index contributed by atoms with van der Waals surface area (Å²) in [6.07, 6.45) is 1.28.